The van der Waals surface area contributed by atoms with Gasteiger partial charge in [-0.05, 0) is 24.6 Å². The molecule has 2 aromatic heterocycles. The molecule has 1 amide bonds. The van der Waals surface area contributed by atoms with Crippen LogP contribution < -0.4 is 10.9 Å². The van der Waals surface area contributed by atoms with Crippen LogP contribution in [0.4, 0.5) is 5.69 Å². The van der Waals surface area contributed by atoms with Crippen molar-refractivity contribution in [2.45, 2.75) is 13.5 Å². The second-order valence-electron chi connectivity index (χ2n) is 5.19. The Morgan fingerprint density at radius 3 is 2.96 bits per heavy atom. The number of benzene rings is 1. The van der Waals surface area contributed by atoms with Crippen LogP contribution in [0.5, 0.6) is 0 Å². The zero-order chi connectivity index (χ0) is 16.6. The number of anilines is 1. The molecule has 0 saturated carbocycles. The molecule has 0 aliphatic rings. The molecule has 0 bridgehead atoms. The van der Waals surface area contributed by atoms with Gasteiger partial charge in [-0.15, -0.1) is 0 Å². The molecule has 1 aromatic carbocycles. The highest BCUT2D eigenvalue weighted by Gasteiger charge is 2.11. The van der Waals surface area contributed by atoms with E-state index < -0.39 is 0 Å². The third-order valence-electron chi connectivity index (χ3n) is 3.51. The molecular formula is C15H14ClN5O2. The summed E-state index contributed by atoms with van der Waals surface area (Å²) < 4.78 is 2.76. The third kappa shape index (κ3) is 2.95. The molecule has 0 aliphatic heterocycles. The van der Waals surface area contributed by atoms with E-state index in [9.17, 15) is 9.59 Å². The second-order valence-corrected chi connectivity index (χ2v) is 5.63. The summed E-state index contributed by atoms with van der Waals surface area (Å²) in [6.07, 6.45) is 2.79. The number of aromatic nitrogens is 4. The summed E-state index contributed by atoms with van der Waals surface area (Å²) in [5.41, 5.74) is 1.68. The van der Waals surface area contributed by atoms with E-state index in [0.717, 1.165) is 5.56 Å². The number of hydrogen-bond acceptors (Lipinski definition) is 4. The molecule has 7 nitrogen and oxygen atoms in total. The van der Waals surface area contributed by atoms with Crippen LogP contribution in [0.25, 0.3) is 11.0 Å². The average Bonchev–Trinajstić information content (AvgIpc) is 2.88. The van der Waals surface area contributed by atoms with Crippen molar-refractivity contribution >= 4 is 34.2 Å². The number of halogens is 1. The number of carbonyl (C=O) groups is 1. The van der Waals surface area contributed by atoms with Gasteiger partial charge in [0.2, 0.25) is 5.91 Å². The molecule has 3 aromatic rings. The van der Waals surface area contributed by atoms with Gasteiger partial charge in [-0.25, -0.2) is 4.98 Å². The van der Waals surface area contributed by atoms with Gasteiger partial charge in [-0.3, -0.25) is 18.8 Å². The fourth-order valence-electron chi connectivity index (χ4n) is 2.25. The number of aryl methyl sites for hydroxylation is 2. The maximum absolute atomic E-state index is 12.3. The van der Waals surface area contributed by atoms with E-state index >= 15 is 0 Å². The van der Waals surface area contributed by atoms with Crippen molar-refractivity contribution in [2.24, 2.45) is 7.05 Å². The highest BCUT2D eigenvalue weighted by molar-refractivity contribution is 6.31. The van der Waals surface area contributed by atoms with E-state index in [2.05, 4.69) is 15.4 Å². The lowest BCUT2D eigenvalue weighted by Gasteiger charge is -2.10. The number of amides is 1. The number of nitrogens with one attached hydrogen (secondary N) is 1. The highest BCUT2D eigenvalue weighted by Crippen LogP contribution is 2.20. The van der Waals surface area contributed by atoms with E-state index in [-0.39, 0.29) is 18.0 Å². The molecule has 0 saturated heterocycles. The summed E-state index contributed by atoms with van der Waals surface area (Å²) in [5.74, 6) is -0.331. The summed E-state index contributed by atoms with van der Waals surface area (Å²) in [5, 5.41) is 7.65. The number of hydrogen-bond donors (Lipinski definition) is 1. The van der Waals surface area contributed by atoms with Gasteiger partial charge in [-0.2, -0.15) is 5.10 Å². The molecule has 0 radical (unpaired) electrons. The molecule has 2 heterocycles. The van der Waals surface area contributed by atoms with E-state index in [4.69, 9.17) is 11.6 Å². The van der Waals surface area contributed by atoms with Crippen LogP contribution >= 0.6 is 11.6 Å². The van der Waals surface area contributed by atoms with Gasteiger partial charge in [0.1, 0.15) is 18.3 Å². The molecule has 0 aliphatic carbocycles. The molecular weight excluding hydrogens is 318 g/mol. The minimum absolute atomic E-state index is 0.136. The molecule has 118 valence electrons. The lowest BCUT2D eigenvalue weighted by Crippen LogP contribution is -2.28. The first-order valence-electron chi connectivity index (χ1n) is 6.89. The molecule has 1 N–H and O–H groups in total. The largest absolute Gasteiger partial charge is 0.324 e. The highest BCUT2D eigenvalue weighted by atomic mass is 35.5. The first-order chi connectivity index (χ1) is 11.0. The number of fused-ring (bicyclic) bond motifs is 1. The monoisotopic (exact) mass is 331 g/mol. The standard InChI is InChI=1S/C15H14ClN5O2/c1-9-3-4-10(16)5-12(9)19-13(22)7-21-8-17-14-11(15(21)23)6-18-20(14)2/h3-6,8H,7H2,1-2H3,(H,19,22). The van der Waals surface area contributed by atoms with Crippen LogP contribution in [0.1, 0.15) is 5.56 Å². The first kappa shape index (κ1) is 15.2. The van der Waals surface area contributed by atoms with Gasteiger partial charge >= 0.3 is 0 Å². The van der Waals surface area contributed by atoms with Crippen molar-refractivity contribution in [1.29, 1.82) is 0 Å². The van der Waals surface area contributed by atoms with Crippen LogP contribution in [0, 0.1) is 6.92 Å². The Labute approximate surface area is 136 Å². The summed E-state index contributed by atoms with van der Waals surface area (Å²) in [4.78, 5) is 28.7. The number of nitrogens with zero attached hydrogens (tertiary/aromatic N) is 4. The molecule has 0 atom stereocenters. The van der Waals surface area contributed by atoms with Crippen LogP contribution in [-0.2, 0) is 18.4 Å². The van der Waals surface area contributed by atoms with Gasteiger partial charge < -0.3 is 5.32 Å². The quantitative estimate of drug-likeness (QED) is 0.792. The minimum atomic E-state index is -0.331. The van der Waals surface area contributed by atoms with E-state index in [0.29, 0.717) is 21.7 Å². The fourth-order valence-corrected chi connectivity index (χ4v) is 2.42. The van der Waals surface area contributed by atoms with Crippen molar-refractivity contribution in [1.82, 2.24) is 19.3 Å². The predicted octanol–water partition coefficient (Wildman–Crippen LogP) is 1.73. The average molecular weight is 332 g/mol. The van der Waals surface area contributed by atoms with Gasteiger partial charge in [-0.1, -0.05) is 17.7 Å². The van der Waals surface area contributed by atoms with Crippen molar-refractivity contribution in [3.05, 3.63) is 51.7 Å². The molecule has 0 unspecified atom stereocenters. The Balaban J connectivity index is 1.84. The normalized spacial score (nSPS) is 10.9. The number of carbonyl (C=O) groups excluding carboxylic acids is 1. The summed E-state index contributed by atoms with van der Waals surface area (Å²) in [6, 6.07) is 5.23. The maximum atomic E-state index is 12.3. The van der Waals surface area contributed by atoms with Crippen molar-refractivity contribution in [2.75, 3.05) is 5.32 Å². The van der Waals surface area contributed by atoms with E-state index in [1.165, 1.54) is 21.8 Å². The SMILES string of the molecule is Cc1ccc(Cl)cc1NC(=O)Cn1cnc2c(cnn2C)c1=O. The predicted molar refractivity (Wildman–Crippen MR) is 87.6 cm³/mol. The van der Waals surface area contributed by atoms with E-state index in [1.807, 2.05) is 13.0 Å². The van der Waals surface area contributed by atoms with Gasteiger partial charge in [0.05, 0.1) is 6.20 Å². The Hall–Kier alpha value is -2.67. The van der Waals surface area contributed by atoms with Crippen molar-refractivity contribution < 1.29 is 4.79 Å². The first-order valence-corrected chi connectivity index (χ1v) is 7.26. The summed E-state index contributed by atoms with van der Waals surface area (Å²) in [6.45, 7) is 1.73. The van der Waals surface area contributed by atoms with Crippen molar-refractivity contribution in [3.63, 3.8) is 0 Å². The van der Waals surface area contributed by atoms with E-state index in [1.54, 1.807) is 19.2 Å². The summed E-state index contributed by atoms with van der Waals surface area (Å²) in [7, 11) is 1.70. The molecule has 0 spiro atoms. The zero-order valence-corrected chi connectivity index (χ0v) is 13.3. The van der Waals surface area contributed by atoms with Crippen molar-refractivity contribution in [3.8, 4) is 0 Å². The Kier molecular flexibility index (Phi) is 3.87. The molecule has 0 fully saturated rings. The summed E-state index contributed by atoms with van der Waals surface area (Å²) >= 11 is 5.93. The van der Waals surface area contributed by atoms with Crippen LogP contribution in [0.3, 0.4) is 0 Å². The van der Waals surface area contributed by atoms with Crippen LogP contribution in [0.2, 0.25) is 5.02 Å². The van der Waals surface area contributed by atoms with Gasteiger partial charge in [0.25, 0.3) is 5.56 Å². The lowest BCUT2D eigenvalue weighted by molar-refractivity contribution is -0.116. The number of rotatable bonds is 3. The second kappa shape index (κ2) is 5.85. The maximum Gasteiger partial charge on any atom is 0.264 e. The van der Waals surface area contributed by atoms with Crippen LogP contribution in [-0.4, -0.2) is 25.2 Å². The smallest absolute Gasteiger partial charge is 0.264 e. The minimum Gasteiger partial charge on any atom is -0.324 e. The third-order valence-corrected chi connectivity index (χ3v) is 3.74. The Bertz CT molecular complexity index is 960. The topological polar surface area (TPSA) is 81.8 Å². The molecule has 23 heavy (non-hydrogen) atoms. The Morgan fingerprint density at radius 1 is 1.39 bits per heavy atom. The van der Waals surface area contributed by atoms with Crippen LogP contribution in [0.15, 0.2) is 35.5 Å². The van der Waals surface area contributed by atoms with Gasteiger partial charge in [0.15, 0.2) is 5.65 Å². The molecule has 8 heteroatoms. The zero-order valence-electron chi connectivity index (χ0n) is 12.6. The lowest BCUT2D eigenvalue weighted by atomic mass is 10.2. The Morgan fingerprint density at radius 2 is 2.17 bits per heavy atom. The van der Waals surface area contributed by atoms with Gasteiger partial charge in [0, 0.05) is 17.8 Å². The fraction of sp³-hybridized carbons (Fsp3) is 0.200. The molecule has 3 rings (SSSR count).